The Hall–Kier alpha value is -3.68. The first-order valence-corrected chi connectivity index (χ1v) is 10.2. The van der Waals surface area contributed by atoms with Gasteiger partial charge in [0.1, 0.15) is 11.2 Å². The van der Waals surface area contributed by atoms with Crippen molar-refractivity contribution < 1.29 is 27.8 Å². The summed E-state index contributed by atoms with van der Waals surface area (Å²) >= 11 is 6.41. The molecule has 0 atom stereocenters. The molecule has 0 fully saturated rings. The molecule has 0 spiro atoms. The number of H-pyrrole nitrogens is 1. The summed E-state index contributed by atoms with van der Waals surface area (Å²) in [6.45, 7) is 6.08. The average Bonchev–Trinajstić information content (AvgIpc) is 3.33. The van der Waals surface area contributed by atoms with E-state index in [1.165, 1.54) is 0 Å². The number of anilines is 2. The van der Waals surface area contributed by atoms with E-state index in [1.807, 2.05) is 26.8 Å². The predicted molar refractivity (Wildman–Crippen MR) is 118 cm³/mol. The highest BCUT2D eigenvalue weighted by Gasteiger charge is 2.38. The van der Waals surface area contributed by atoms with Gasteiger partial charge in [0, 0.05) is 5.69 Å². The number of fused-ring (bicyclic) bond motifs is 2. The van der Waals surface area contributed by atoms with Crippen molar-refractivity contribution in [2.45, 2.75) is 39.4 Å². The van der Waals surface area contributed by atoms with Crippen molar-refractivity contribution in [3.05, 3.63) is 23.0 Å². The third-order valence-electron chi connectivity index (χ3n) is 4.48. The fraction of sp³-hybridized carbons (Fsp3) is 0.368. The molecule has 3 N–H and O–H groups in total. The van der Waals surface area contributed by atoms with Crippen LogP contribution in [0.2, 0.25) is 5.02 Å². The minimum Gasteiger partial charge on any atom is -0.480 e. The van der Waals surface area contributed by atoms with E-state index in [9.17, 15) is 13.2 Å². The van der Waals surface area contributed by atoms with E-state index in [1.54, 1.807) is 18.0 Å². The number of alkyl halides is 3. The van der Waals surface area contributed by atoms with Gasteiger partial charge in [0.2, 0.25) is 11.8 Å². The topological polar surface area (TPSA) is 144 Å². The number of halogens is 4. The van der Waals surface area contributed by atoms with E-state index in [4.69, 9.17) is 26.2 Å². The Labute approximate surface area is 195 Å². The lowest BCUT2D eigenvalue weighted by Gasteiger charge is -2.08. The van der Waals surface area contributed by atoms with Crippen molar-refractivity contribution in [2.24, 2.45) is 0 Å². The van der Waals surface area contributed by atoms with Gasteiger partial charge in [-0.15, -0.1) is 5.10 Å². The van der Waals surface area contributed by atoms with Crippen LogP contribution in [-0.4, -0.2) is 59.3 Å². The van der Waals surface area contributed by atoms with Gasteiger partial charge in [-0.3, -0.25) is 0 Å². The summed E-state index contributed by atoms with van der Waals surface area (Å²) in [5.41, 5.74) is 3.63. The maximum Gasteiger partial charge on any atom is 0.490 e. The zero-order chi connectivity index (χ0) is 25.2. The summed E-state index contributed by atoms with van der Waals surface area (Å²) < 4.78 is 38.9. The van der Waals surface area contributed by atoms with Gasteiger partial charge >= 0.3 is 12.1 Å². The Bertz CT molecular complexity index is 1340. The number of carboxylic acids is 1. The largest absolute Gasteiger partial charge is 0.490 e. The minimum atomic E-state index is -5.08. The molecule has 0 aliphatic heterocycles. The monoisotopic (exact) mass is 500 g/mol. The second-order valence-electron chi connectivity index (χ2n) is 7.17. The maximum absolute atomic E-state index is 10.6. The van der Waals surface area contributed by atoms with E-state index in [0.717, 1.165) is 17.8 Å². The number of nitrogens with zero attached hydrogens (tertiary/aromatic N) is 6. The molecule has 0 saturated carbocycles. The fourth-order valence-corrected chi connectivity index (χ4v) is 3.26. The highest BCUT2D eigenvalue weighted by Crippen LogP contribution is 2.34. The SMILES string of the molecule is CCc1[nH]c2nc(Nc3cnc4c(c3)nnn4C(C)C)nc(OC)c2c1Cl.O=C(O)C(F)(F)F. The van der Waals surface area contributed by atoms with E-state index in [0.29, 0.717) is 39.1 Å². The summed E-state index contributed by atoms with van der Waals surface area (Å²) in [4.78, 5) is 25.5. The molecule has 0 amide bonds. The second-order valence-corrected chi connectivity index (χ2v) is 7.55. The molecule has 15 heteroatoms. The molecule has 0 bridgehead atoms. The van der Waals surface area contributed by atoms with Crippen LogP contribution in [0.15, 0.2) is 12.3 Å². The van der Waals surface area contributed by atoms with Crippen molar-refractivity contribution in [3.63, 3.8) is 0 Å². The highest BCUT2D eigenvalue weighted by molar-refractivity contribution is 6.36. The molecule has 4 rings (SSSR count). The van der Waals surface area contributed by atoms with Gasteiger partial charge in [0.15, 0.2) is 5.65 Å². The van der Waals surface area contributed by atoms with E-state index < -0.39 is 12.1 Å². The van der Waals surface area contributed by atoms with Gasteiger partial charge in [0.25, 0.3) is 0 Å². The van der Waals surface area contributed by atoms with Crippen LogP contribution < -0.4 is 10.1 Å². The zero-order valence-electron chi connectivity index (χ0n) is 18.4. The van der Waals surface area contributed by atoms with E-state index in [2.05, 4.69) is 35.6 Å². The van der Waals surface area contributed by atoms with Gasteiger partial charge < -0.3 is 20.1 Å². The number of hydrogen-bond acceptors (Lipinski definition) is 8. The Kier molecular flexibility index (Phi) is 7.09. The predicted octanol–water partition coefficient (Wildman–Crippen LogP) is 4.28. The van der Waals surface area contributed by atoms with Gasteiger partial charge in [-0.2, -0.15) is 23.1 Å². The van der Waals surface area contributed by atoms with Crippen LogP contribution in [0, 0.1) is 0 Å². The molecule has 4 heterocycles. The fourth-order valence-electron chi connectivity index (χ4n) is 2.90. The molecular weight excluding hydrogens is 481 g/mol. The second kappa shape index (κ2) is 9.67. The van der Waals surface area contributed by atoms with Crippen LogP contribution in [-0.2, 0) is 11.2 Å². The number of pyridine rings is 1. The van der Waals surface area contributed by atoms with Crippen molar-refractivity contribution in [1.29, 1.82) is 0 Å². The van der Waals surface area contributed by atoms with Crippen LogP contribution in [0.3, 0.4) is 0 Å². The van der Waals surface area contributed by atoms with E-state index >= 15 is 0 Å². The smallest absolute Gasteiger partial charge is 0.480 e. The number of hydrogen-bond donors (Lipinski definition) is 3. The van der Waals surface area contributed by atoms with Crippen LogP contribution in [0.25, 0.3) is 22.2 Å². The van der Waals surface area contributed by atoms with Crippen LogP contribution in [0.1, 0.15) is 32.5 Å². The number of carbonyl (C=O) groups is 1. The van der Waals surface area contributed by atoms with Crippen molar-refractivity contribution in [2.75, 3.05) is 12.4 Å². The van der Waals surface area contributed by atoms with Crippen LogP contribution in [0.4, 0.5) is 24.8 Å². The molecule has 0 aliphatic carbocycles. The molecule has 34 heavy (non-hydrogen) atoms. The first kappa shape index (κ1) is 25.0. The highest BCUT2D eigenvalue weighted by atomic mass is 35.5. The lowest BCUT2D eigenvalue weighted by Crippen LogP contribution is -2.21. The summed E-state index contributed by atoms with van der Waals surface area (Å²) in [5, 5.41) is 19.8. The summed E-state index contributed by atoms with van der Waals surface area (Å²) in [6, 6.07) is 2.04. The summed E-state index contributed by atoms with van der Waals surface area (Å²) in [5.74, 6) is -1.98. The minimum absolute atomic E-state index is 0.182. The molecular formula is C19H20ClF3N8O3. The third kappa shape index (κ3) is 5.11. The summed E-state index contributed by atoms with van der Waals surface area (Å²) in [6.07, 6.45) is -2.63. The maximum atomic E-state index is 10.6. The molecule has 0 unspecified atom stereocenters. The normalized spacial score (nSPS) is 11.6. The third-order valence-corrected chi connectivity index (χ3v) is 4.89. The van der Waals surface area contributed by atoms with Crippen molar-refractivity contribution in [1.82, 2.24) is 34.9 Å². The molecule has 0 aliphatic rings. The number of nitrogens with one attached hydrogen (secondary N) is 2. The summed E-state index contributed by atoms with van der Waals surface area (Å²) in [7, 11) is 1.55. The Morgan fingerprint density at radius 2 is 2.03 bits per heavy atom. The first-order valence-electron chi connectivity index (χ1n) is 9.86. The Balaban J connectivity index is 0.000000406. The first-order chi connectivity index (χ1) is 16.0. The number of aryl methyl sites for hydroxylation is 1. The van der Waals surface area contributed by atoms with Gasteiger partial charge in [-0.05, 0) is 26.3 Å². The lowest BCUT2D eigenvalue weighted by molar-refractivity contribution is -0.192. The molecule has 182 valence electrons. The standard InChI is InChI=1S/C17H19ClN8O.C2HF3O2/c1-5-10-13(18)12-14(21-10)22-17(23-16(12)27-4)20-9-6-11-15(19-7-9)26(8(2)3)25-24-11;3-2(4,5)1(6)7/h6-8H,5H2,1-4H3,(H2,20,21,22,23);(H,6,7). The van der Waals surface area contributed by atoms with Crippen molar-refractivity contribution >= 4 is 51.4 Å². The van der Waals surface area contributed by atoms with Gasteiger partial charge in [0.05, 0.1) is 35.4 Å². The number of carboxylic acid groups (broad SMARTS) is 1. The number of aliphatic carboxylic acids is 1. The number of rotatable bonds is 5. The zero-order valence-corrected chi connectivity index (χ0v) is 19.2. The Morgan fingerprint density at radius 1 is 1.35 bits per heavy atom. The number of methoxy groups -OCH3 is 1. The molecule has 4 aromatic rings. The Morgan fingerprint density at radius 3 is 2.59 bits per heavy atom. The van der Waals surface area contributed by atoms with Crippen LogP contribution in [0.5, 0.6) is 5.88 Å². The molecule has 0 radical (unpaired) electrons. The van der Waals surface area contributed by atoms with Crippen LogP contribution >= 0.6 is 11.6 Å². The van der Waals surface area contributed by atoms with Gasteiger partial charge in [-0.25, -0.2) is 14.5 Å². The van der Waals surface area contributed by atoms with Gasteiger partial charge in [-0.1, -0.05) is 23.7 Å². The average molecular weight is 501 g/mol. The molecule has 0 saturated heterocycles. The molecule has 4 aromatic heterocycles. The lowest BCUT2D eigenvalue weighted by atomic mass is 10.3. The number of ether oxygens (including phenoxy) is 1. The molecule has 0 aromatic carbocycles. The number of aromatic nitrogens is 7. The van der Waals surface area contributed by atoms with E-state index in [-0.39, 0.29) is 6.04 Å². The quantitative estimate of drug-likeness (QED) is 0.365. The molecule has 11 nitrogen and oxygen atoms in total. The van der Waals surface area contributed by atoms with Crippen molar-refractivity contribution in [3.8, 4) is 5.88 Å². The number of aromatic amines is 1.